The van der Waals surface area contributed by atoms with E-state index in [2.05, 4.69) is 4.98 Å². The smallest absolute Gasteiger partial charge is 0.238 e. The van der Waals surface area contributed by atoms with Gasteiger partial charge in [0.25, 0.3) is 0 Å². The number of nitrogens with two attached hydrogens (primary N) is 1. The van der Waals surface area contributed by atoms with Gasteiger partial charge in [-0.3, -0.25) is 0 Å². The maximum absolute atomic E-state index is 11.3. The van der Waals surface area contributed by atoms with Crippen LogP contribution in [0.15, 0.2) is 57.8 Å². The summed E-state index contributed by atoms with van der Waals surface area (Å²) in [6, 6.07) is 14.2. The van der Waals surface area contributed by atoms with E-state index < -0.39 is 10.0 Å². The van der Waals surface area contributed by atoms with Gasteiger partial charge in [0.15, 0.2) is 11.5 Å². The number of aromatic nitrogens is 1. The van der Waals surface area contributed by atoms with E-state index in [0.29, 0.717) is 23.4 Å². The zero-order chi connectivity index (χ0) is 14.2. The van der Waals surface area contributed by atoms with Crippen molar-refractivity contribution < 1.29 is 12.8 Å². The molecule has 5 nitrogen and oxygen atoms in total. The van der Waals surface area contributed by atoms with Crippen LogP contribution in [-0.2, 0) is 16.4 Å². The second-order valence-corrected chi connectivity index (χ2v) is 6.01. The Morgan fingerprint density at radius 2 is 1.85 bits per heavy atom. The number of primary sulfonamides is 1. The first kappa shape index (κ1) is 12.8. The maximum Gasteiger partial charge on any atom is 0.238 e. The highest BCUT2D eigenvalue weighted by Gasteiger charge is 2.12. The Bertz CT molecular complexity index is 855. The minimum absolute atomic E-state index is 0.0320. The summed E-state index contributed by atoms with van der Waals surface area (Å²) in [5.41, 5.74) is 2.11. The van der Waals surface area contributed by atoms with Crippen molar-refractivity contribution in [3.63, 3.8) is 0 Å². The lowest BCUT2D eigenvalue weighted by molar-refractivity contribution is 0.544. The molecule has 3 rings (SSSR count). The molecule has 0 unspecified atom stereocenters. The van der Waals surface area contributed by atoms with E-state index in [9.17, 15) is 8.42 Å². The number of hydrogen-bond donors (Lipinski definition) is 1. The second kappa shape index (κ2) is 4.73. The number of benzene rings is 2. The van der Waals surface area contributed by atoms with Crippen LogP contribution in [0, 0.1) is 0 Å². The highest BCUT2D eigenvalue weighted by molar-refractivity contribution is 7.89. The number of rotatable bonds is 3. The van der Waals surface area contributed by atoms with Crippen LogP contribution in [0.5, 0.6) is 0 Å². The molecule has 0 atom stereocenters. The van der Waals surface area contributed by atoms with Gasteiger partial charge in [-0.15, -0.1) is 0 Å². The molecule has 0 bridgehead atoms. The lowest BCUT2D eigenvalue weighted by Crippen LogP contribution is -2.11. The van der Waals surface area contributed by atoms with E-state index >= 15 is 0 Å². The molecule has 2 aromatic carbocycles. The van der Waals surface area contributed by atoms with Gasteiger partial charge in [-0.2, -0.15) is 0 Å². The molecular weight excluding hydrogens is 276 g/mol. The Morgan fingerprint density at radius 1 is 1.10 bits per heavy atom. The Kier molecular flexibility index (Phi) is 3.04. The molecule has 0 spiro atoms. The van der Waals surface area contributed by atoms with Crippen LogP contribution < -0.4 is 5.14 Å². The molecule has 0 radical (unpaired) electrons. The van der Waals surface area contributed by atoms with Crippen molar-refractivity contribution in [2.24, 2.45) is 5.14 Å². The third-order valence-electron chi connectivity index (χ3n) is 2.93. The Balaban J connectivity index is 1.99. The zero-order valence-corrected chi connectivity index (χ0v) is 11.3. The summed E-state index contributed by atoms with van der Waals surface area (Å²) in [5, 5.41) is 5.09. The summed E-state index contributed by atoms with van der Waals surface area (Å²) in [6.07, 6.45) is 0.556. The molecule has 3 aromatic rings. The summed E-state index contributed by atoms with van der Waals surface area (Å²) in [5.74, 6) is 0.540. The third kappa shape index (κ3) is 2.56. The quantitative estimate of drug-likeness (QED) is 0.799. The molecular formula is C14H12N2O3S. The summed E-state index contributed by atoms with van der Waals surface area (Å²) < 4.78 is 28.2. The molecule has 0 saturated heterocycles. The highest BCUT2D eigenvalue weighted by atomic mass is 32.2. The highest BCUT2D eigenvalue weighted by Crippen LogP contribution is 2.20. The van der Waals surface area contributed by atoms with Crippen molar-refractivity contribution in [3.05, 3.63) is 60.0 Å². The minimum atomic E-state index is -3.73. The van der Waals surface area contributed by atoms with Crippen molar-refractivity contribution in [1.82, 2.24) is 4.98 Å². The molecule has 102 valence electrons. The van der Waals surface area contributed by atoms with E-state index in [4.69, 9.17) is 9.56 Å². The predicted octanol–water partition coefficient (Wildman–Crippen LogP) is 2.07. The SMILES string of the molecule is NS(=O)(=O)c1ccc2oc(Cc3ccccc3)nc2c1. The van der Waals surface area contributed by atoms with Crippen LogP contribution in [0.2, 0.25) is 0 Å². The van der Waals surface area contributed by atoms with Crippen LogP contribution in [-0.4, -0.2) is 13.4 Å². The van der Waals surface area contributed by atoms with Crippen molar-refractivity contribution >= 4 is 21.1 Å². The molecule has 0 aliphatic carbocycles. The van der Waals surface area contributed by atoms with Crippen LogP contribution in [0.3, 0.4) is 0 Å². The molecule has 0 saturated carbocycles. The van der Waals surface area contributed by atoms with E-state index in [-0.39, 0.29) is 4.90 Å². The normalized spacial score (nSPS) is 11.8. The minimum Gasteiger partial charge on any atom is -0.440 e. The van der Waals surface area contributed by atoms with Gasteiger partial charge in [-0.25, -0.2) is 18.5 Å². The van der Waals surface area contributed by atoms with Crippen molar-refractivity contribution in [2.45, 2.75) is 11.3 Å². The molecule has 1 heterocycles. The van der Waals surface area contributed by atoms with Crippen molar-refractivity contribution in [1.29, 1.82) is 0 Å². The number of fused-ring (bicyclic) bond motifs is 1. The van der Waals surface area contributed by atoms with Gasteiger partial charge in [-0.05, 0) is 23.8 Å². The van der Waals surface area contributed by atoms with Crippen molar-refractivity contribution in [3.8, 4) is 0 Å². The first-order valence-corrected chi connectivity index (χ1v) is 7.53. The fourth-order valence-corrected chi connectivity index (χ4v) is 2.51. The fraction of sp³-hybridized carbons (Fsp3) is 0.0714. The average Bonchev–Trinajstić information content (AvgIpc) is 2.80. The van der Waals surface area contributed by atoms with Crippen LogP contribution in [0.4, 0.5) is 0 Å². The first-order valence-electron chi connectivity index (χ1n) is 5.98. The molecule has 2 N–H and O–H groups in total. The van der Waals surface area contributed by atoms with Crippen LogP contribution in [0.25, 0.3) is 11.1 Å². The van der Waals surface area contributed by atoms with Crippen LogP contribution in [0.1, 0.15) is 11.5 Å². The maximum atomic E-state index is 11.3. The van der Waals surface area contributed by atoms with E-state index in [1.807, 2.05) is 30.3 Å². The number of nitrogens with zero attached hydrogens (tertiary/aromatic N) is 1. The molecule has 0 fully saturated rings. The van der Waals surface area contributed by atoms with Gasteiger partial charge in [0.1, 0.15) is 5.52 Å². The Labute approximate surface area is 116 Å². The van der Waals surface area contributed by atoms with Gasteiger partial charge >= 0.3 is 0 Å². The summed E-state index contributed by atoms with van der Waals surface area (Å²) in [7, 11) is -3.73. The fourth-order valence-electron chi connectivity index (χ4n) is 1.98. The van der Waals surface area contributed by atoms with Crippen molar-refractivity contribution in [2.75, 3.05) is 0 Å². The zero-order valence-electron chi connectivity index (χ0n) is 10.5. The Morgan fingerprint density at radius 3 is 2.55 bits per heavy atom. The molecule has 6 heteroatoms. The van der Waals surface area contributed by atoms with E-state index in [1.54, 1.807) is 6.07 Å². The molecule has 1 aromatic heterocycles. The topological polar surface area (TPSA) is 86.2 Å². The summed E-state index contributed by atoms with van der Waals surface area (Å²) in [4.78, 5) is 4.33. The number of hydrogen-bond acceptors (Lipinski definition) is 4. The van der Waals surface area contributed by atoms with E-state index in [1.165, 1.54) is 12.1 Å². The average molecular weight is 288 g/mol. The molecule has 0 amide bonds. The monoisotopic (exact) mass is 288 g/mol. The number of oxazole rings is 1. The van der Waals surface area contributed by atoms with Crippen LogP contribution >= 0.6 is 0 Å². The summed E-state index contributed by atoms with van der Waals surface area (Å²) >= 11 is 0. The molecule has 0 aliphatic heterocycles. The van der Waals surface area contributed by atoms with Gasteiger partial charge in [-0.1, -0.05) is 30.3 Å². The van der Waals surface area contributed by atoms with Gasteiger partial charge < -0.3 is 4.42 Å². The second-order valence-electron chi connectivity index (χ2n) is 4.44. The number of sulfonamides is 1. The molecule has 0 aliphatic rings. The summed E-state index contributed by atoms with van der Waals surface area (Å²) in [6.45, 7) is 0. The third-order valence-corrected chi connectivity index (χ3v) is 3.84. The van der Waals surface area contributed by atoms with E-state index in [0.717, 1.165) is 5.56 Å². The lowest BCUT2D eigenvalue weighted by Gasteiger charge is -1.95. The molecule has 20 heavy (non-hydrogen) atoms. The predicted molar refractivity (Wildman–Crippen MR) is 74.6 cm³/mol. The lowest BCUT2D eigenvalue weighted by atomic mass is 10.1. The Hall–Kier alpha value is -2.18. The largest absolute Gasteiger partial charge is 0.440 e. The van der Waals surface area contributed by atoms with Gasteiger partial charge in [0.2, 0.25) is 10.0 Å². The first-order chi connectivity index (χ1) is 9.52. The standard InChI is InChI=1S/C14H12N2O3S/c15-20(17,18)11-6-7-13-12(9-11)16-14(19-13)8-10-4-2-1-3-5-10/h1-7,9H,8H2,(H2,15,17,18). The van der Waals surface area contributed by atoms with Gasteiger partial charge in [0, 0.05) is 6.42 Å². The van der Waals surface area contributed by atoms with Gasteiger partial charge in [0.05, 0.1) is 4.90 Å².